The molecular formula is C32H34F5N3O11. The third-order valence-corrected chi connectivity index (χ3v) is 7.35. The van der Waals surface area contributed by atoms with Gasteiger partial charge in [0.05, 0.1) is 83.6 Å². The molecule has 0 spiro atoms. The minimum atomic E-state index is -2.36. The van der Waals surface area contributed by atoms with Crippen molar-refractivity contribution in [2.75, 3.05) is 77.9 Å². The van der Waals surface area contributed by atoms with E-state index in [9.17, 15) is 45.9 Å². The van der Waals surface area contributed by atoms with Crippen LogP contribution in [0, 0.1) is 29.1 Å². The number of nitrogens with zero attached hydrogens (tertiary/aromatic N) is 1. The number of rotatable bonds is 21. The Hall–Kier alpha value is -4.56. The molecule has 2 aromatic carbocycles. The predicted molar refractivity (Wildman–Crippen MR) is 162 cm³/mol. The van der Waals surface area contributed by atoms with Gasteiger partial charge in [0.1, 0.15) is 6.04 Å². The molecule has 2 N–H and O–H groups in total. The van der Waals surface area contributed by atoms with Crippen LogP contribution in [0.25, 0.3) is 0 Å². The molecular weight excluding hydrogens is 697 g/mol. The fourth-order valence-electron chi connectivity index (χ4n) is 4.90. The lowest BCUT2D eigenvalue weighted by Gasteiger charge is -2.27. The highest BCUT2D eigenvalue weighted by molar-refractivity contribution is 6.25. The summed E-state index contributed by atoms with van der Waals surface area (Å²) in [5.41, 5.74) is 0.758. The first-order chi connectivity index (χ1) is 24.5. The Bertz CT molecular complexity index is 1580. The van der Waals surface area contributed by atoms with Crippen LogP contribution in [0.1, 0.15) is 40.0 Å². The molecule has 4 amide bonds. The number of piperidine rings is 1. The molecule has 19 heteroatoms. The van der Waals surface area contributed by atoms with E-state index in [-0.39, 0.29) is 76.8 Å². The molecule has 51 heavy (non-hydrogen) atoms. The van der Waals surface area contributed by atoms with Gasteiger partial charge in [-0.15, -0.1) is 0 Å². The number of carbonyl (C=O) groups excluding carboxylic acids is 5. The maximum atomic E-state index is 13.6. The van der Waals surface area contributed by atoms with Crippen LogP contribution in [0.3, 0.4) is 0 Å². The Balaban J connectivity index is 0.964. The van der Waals surface area contributed by atoms with E-state index in [0.717, 1.165) is 4.90 Å². The number of hydrogen-bond donors (Lipinski definition) is 2. The Kier molecular flexibility index (Phi) is 14.7. The van der Waals surface area contributed by atoms with Gasteiger partial charge < -0.3 is 33.7 Å². The highest BCUT2D eigenvalue weighted by Crippen LogP contribution is 2.32. The third-order valence-electron chi connectivity index (χ3n) is 7.35. The molecule has 14 nitrogen and oxygen atoms in total. The van der Waals surface area contributed by atoms with Crippen molar-refractivity contribution in [2.45, 2.75) is 25.3 Å². The third kappa shape index (κ3) is 10.3. The van der Waals surface area contributed by atoms with Gasteiger partial charge in [-0.1, -0.05) is 6.07 Å². The van der Waals surface area contributed by atoms with Crippen molar-refractivity contribution in [2.24, 2.45) is 0 Å². The molecule has 278 valence electrons. The first-order valence-corrected chi connectivity index (χ1v) is 15.7. The second-order valence-corrected chi connectivity index (χ2v) is 10.8. The Morgan fingerprint density at radius 1 is 0.725 bits per heavy atom. The Morgan fingerprint density at radius 2 is 1.25 bits per heavy atom. The van der Waals surface area contributed by atoms with Gasteiger partial charge in [-0.3, -0.25) is 34.2 Å². The van der Waals surface area contributed by atoms with Crippen LogP contribution < -0.4 is 15.4 Å². The lowest BCUT2D eigenvalue weighted by Crippen LogP contribution is -2.54. The number of amides is 4. The number of anilines is 1. The van der Waals surface area contributed by atoms with Crippen molar-refractivity contribution in [3.05, 3.63) is 58.4 Å². The van der Waals surface area contributed by atoms with E-state index in [1.165, 1.54) is 6.07 Å². The molecule has 2 aliphatic heterocycles. The van der Waals surface area contributed by atoms with Crippen molar-refractivity contribution in [1.82, 2.24) is 10.2 Å². The van der Waals surface area contributed by atoms with E-state index in [0.29, 0.717) is 25.4 Å². The molecule has 1 atom stereocenters. The topological polar surface area (TPSA) is 168 Å². The zero-order valence-corrected chi connectivity index (χ0v) is 27.0. The molecule has 4 rings (SSSR count). The molecule has 0 aliphatic carbocycles. The number of halogens is 5. The molecule has 2 aliphatic rings. The van der Waals surface area contributed by atoms with Crippen LogP contribution in [0.2, 0.25) is 0 Å². The van der Waals surface area contributed by atoms with E-state index in [2.05, 4.69) is 15.4 Å². The highest BCUT2D eigenvalue weighted by Gasteiger charge is 2.45. The summed E-state index contributed by atoms with van der Waals surface area (Å²) in [7, 11) is 0. The number of hydrogen-bond acceptors (Lipinski definition) is 12. The molecule has 1 saturated heterocycles. The quantitative estimate of drug-likeness (QED) is 0.0366. The summed E-state index contributed by atoms with van der Waals surface area (Å²) < 4.78 is 97.5. The SMILES string of the molecule is O=C1CCC(N2C(=O)c3cccc(NCCOCCOCCOCCOCCOCCC(=O)Oc4c(F)c(F)c(F)c(F)c4F)c3C2=O)C(=O)N1. The van der Waals surface area contributed by atoms with Crippen molar-refractivity contribution in [1.29, 1.82) is 0 Å². The summed E-state index contributed by atoms with van der Waals surface area (Å²) in [5, 5.41) is 5.24. The second kappa shape index (κ2) is 19.2. The van der Waals surface area contributed by atoms with Crippen molar-refractivity contribution >= 4 is 35.3 Å². The Labute approximate surface area is 287 Å². The summed E-state index contributed by atoms with van der Waals surface area (Å²) in [6.45, 7) is 2.14. The average Bonchev–Trinajstić information content (AvgIpc) is 3.37. The van der Waals surface area contributed by atoms with Crippen LogP contribution in [0.4, 0.5) is 27.6 Å². The molecule has 0 aromatic heterocycles. The predicted octanol–water partition coefficient (Wildman–Crippen LogP) is 2.27. The lowest BCUT2D eigenvalue weighted by molar-refractivity contribution is -0.137. The minimum Gasteiger partial charge on any atom is -0.420 e. The fourth-order valence-corrected chi connectivity index (χ4v) is 4.90. The van der Waals surface area contributed by atoms with Gasteiger partial charge in [0, 0.05) is 18.7 Å². The van der Waals surface area contributed by atoms with Gasteiger partial charge in [0.25, 0.3) is 11.8 Å². The normalized spacial score (nSPS) is 15.7. The van der Waals surface area contributed by atoms with Crippen LogP contribution >= 0.6 is 0 Å². The van der Waals surface area contributed by atoms with E-state index >= 15 is 0 Å². The number of imide groups is 2. The van der Waals surface area contributed by atoms with Crippen LogP contribution in [-0.4, -0.2) is 113 Å². The molecule has 2 heterocycles. The number of benzene rings is 2. The van der Waals surface area contributed by atoms with Gasteiger partial charge in [0.15, 0.2) is 0 Å². The summed E-state index contributed by atoms with van der Waals surface area (Å²) in [5.74, 6) is -16.6. The Morgan fingerprint density at radius 3 is 1.82 bits per heavy atom. The standard InChI is InChI=1S/C32H34F5N3O11/c33-24-25(34)27(36)29(28(37)26(24)35)51-22(42)6-8-46-10-12-48-14-16-50-17-15-49-13-11-47-9-7-38-19-3-1-2-18-23(19)32(45)40(31(18)44)20-4-5-21(41)39-30(20)43/h1-3,20,38H,4-17H2,(H,39,41,43). The zero-order valence-electron chi connectivity index (χ0n) is 27.0. The van der Waals surface area contributed by atoms with Crippen molar-refractivity contribution < 1.29 is 74.3 Å². The first kappa shape index (κ1) is 39.2. The van der Waals surface area contributed by atoms with Gasteiger partial charge >= 0.3 is 5.97 Å². The van der Waals surface area contributed by atoms with Gasteiger partial charge in [0.2, 0.25) is 46.6 Å². The number of fused-ring (bicyclic) bond motifs is 1. The second-order valence-electron chi connectivity index (χ2n) is 10.8. The fraction of sp³-hybridized carbons (Fsp3) is 0.469. The molecule has 0 bridgehead atoms. The van der Waals surface area contributed by atoms with Crippen LogP contribution in [0.5, 0.6) is 5.75 Å². The summed E-state index contributed by atoms with van der Waals surface area (Å²) in [6, 6.07) is 3.73. The van der Waals surface area contributed by atoms with Crippen LogP contribution in [0.15, 0.2) is 18.2 Å². The molecule has 0 radical (unpaired) electrons. The summed E-state index contributed by atoms with van der Waals surface area (Å²) in [4.78, 5) is 62.3. The largest absolute Gasteiger partial charge is 0.420 e. The van der Waals surface area contributed by atoms with E-state index < -0.39 is 76.9 Å². The molecule has 2 aromatic rings. The molecule has 1 unspecified atom stereocenters. The molecule has 0 saturated carbocycles. The van der Waals surface area contributed by atoms with Gasteiger partial charge in [-0.2, -0.15) is 8.78 Å². The van der Waals surface area contributed by atoms with Gasteiger partial charge in [-0.25, -0.2) is 13.2 Å². The maximum Gasteiger partial charge on any atom is 0.313 e. The summed E-state index contributed by atoms with van der Waals surface area (Å²) >= 11 is 0. The van der Waals surface area contributed by atoms with Gasteiger partial charge in [-0.05, 0) is 18.6 Å². The number of ether oxygens (including phenoxy) is 6. The summed E-state index contributed by atoms with van der Waals surface area (Å²) in [6.07, 6.45) is -0.416. The highest BCUT2D eigenvalue weighted by atomic mass is 19.2. The minimum absolute atomic E-state index is 0.0315. The lowest BCUT2D eigenvalue weighted by atomic mass is 10.0. The number of esters is 1. The van der Waals surface area contributed by atoms with Crippen LogP contribution in [-0.2, 0) is 38.1 Å². The van der Waals surface area contributed by atoms with E-state index in [1.54, 1.807) is 12.1 Å². The first-order valence-electron chi connectivity index (χ1n) is 15.7. The maximum absolute atomic E-state index is 13.6. The van der Waals surface area contributed by atoms with E-state index in [1.807, 2.05) is 0 Å². The zero-order chi connectivity index (χ0) is 36.9. The van der Waals surface area contributed by atoms with Crippen molar-refractivity contribution in [3.8, 4) is 5.75 Å². The smallest absolute Gasteiger partial charge is 0.313 e. The van der Waals surface area contributed by atoms with Crippen molar-refractivity contribution in [3.63, 3.8) is 0 Å². The number of carbonyl (C=O) groups is 5. The number of nitrogens with one attached hydrogen (secondary N) is 2. The van der Waals surface area contributed by atoms with E-state index in [4.69, 9.17) is 23.7 Å². The average molecular weight is 732 g/mol. The molecule has 1 fully saturated rings. The monoisotopic (exact) mass is 731 g/mol.